The van der Waals surface area contributed by atoms with Gasteiger partial charge in [-0.2, -0.15) is 0 Å². The molecule has 0 radical (unpaired) electrons. The first-order valence-corrected chi connectivity index (χ1v) is 14.0. The van der Waals surface area contributed by atoms with E-state index in [4.69, 9.17) is 9.47 Å². The number of hydrogen-bond acceptors (Lipinski definition) is 9. The minimum absolute atomic E-state index is 0.0380. The van der Waals surface area contributed by atoms with Crippen molar-refractivity contribution in [1.82, 2.24) is 9.84 Å². The Bertz CT molecular complexity index is 1080. The van der Waals surface area contributed by atoms with Crippen molar-refractivity contribution in [3.05, 3.63) is 18.2 Å². The van der Waals surface area contributed by atoms with Crippen LogP contribution in [0.2, 0.25) is 0 Å². The van der Waals surface area contributed by atoms with E-state index in [9.17, 15) is 25.3 Å². The minimum atomic E-state index is -4.24. The summed E-state index contributed by atoms with van der Waals surface area (Å²) in [6.07, 6.45) is 0.361. The van der Waals surface area contributed by atoms with Gasteiger partial charge in [-0.25, -0.2) is 30.7 Å². The second-order valence-corrected chi connectivity index (χ2v) is 13.3. The molecule has 29 heavy (non-hydrogen) atoms. The second kappa shape index (κ2) is 8.02. The number of rotatable bonds is 7. The molecule has 0 aromatic heterocycles. The quantitative estimate of drug-likeness (QED) is 0.529. The van der Waals surface area contributed by atoms with Crippen molar-refractivity contribution in [3.63, 3.8) is 0 Å². The molecule has 0 unspecified atom stereocenters. The molecule has 0 aliphatic carbocycles. The molecule has 2 saturated heterocycles. The lowest BCUT2D eigenvalue weighted by atomic mass is 10.2. The third-order valence-electron chi connectivity index (χ3n) is 4.99. The van der Waals surface area contributed by atoms with E-state index in [0.717, 1.165) is 4.41 Å². The molecule has 164 valence electrons. The first-order chi connectivity index (χ1) is 13.5. The highest BCUT2D eigenvalue weighted by atomic mass is 32.2. The van der Waals surface area contributed by atoms with Crippen LogP contribution in [0.15, 0.2) is 23.1 Å². The minimum Gasteiger partial charge on any atom is -0.497 e. The Hall–Kier alpha value is -1.41. The summed E-state index contributed by atoms with van der Waals surface area (Å²) >= 11 is 0. The third kappa shape index (κ3) is 4.85. The molecule has 3 rings (SSSR count). The molecule has 2 heterocycles. The zero-order valence-corrected chi connectivity index (χ0v) is 18.5. The highest BCUT2D eigenvalue weighted by Crippen LogP contribution is 2.33. The average Bonchev–Trinajstić information content (AvgIpc) is 3.19. The number of ether oxygens (including phenoxy) is 2. The van der Waals surface area contributed by atoms with Crippen molar-refractivity contribution in [2.75, 3.05) is 37.2 Å². The highest BCUT2D eigenvalue weighted by Gasteiger charge is 2.42. The Morgan fingerprint density at radius 1 is 1.00 bits per heavy atom. The van der Waals surface area contributed by atoms with E-state index in [2.05, 4.69) is 5.43 Å². The van der Waals surface area contributed by atoms with E-state index in [1.54, 1.807) is 0 Å². The molecule has 1 aromatic carbocycles. The van der Waals surface area contributed by atoms with Gasteiger partial charge in [-0.15, -0.1) is 4.41 Å². The number of benzene rings is 1. The standard InChI is InChI=1S/C16H24N2O8S3/c1-25-14-3-4-16(15(9-14)26-2)29(23,24)18(13-6-8-28(21,22)11-13)17-12-5-7-27(19,20)10-12/h3-4,9,12-13,17H,5-8,10-11H2,1-2H3/t12-,13-/m0/s1. The maximum atomic E-state index is 13.5. The summed E-state index contributed by atoms with van der Waals surface area (Å²) in [4.78, 5) is -0.168. The van der Waals surface area contributed by atoms with Crippen LogP contribution < -0.4 is 14.9 Å². The fraction of sp³-hybridized carbons (Fsp3) is 0.625. The third-order valence-corrected chi connectivity index (χ3v) is 10.3. The van der Waals surface area contributed by atoms with Gasteiger partial charge in [-0.1, -0.05) is 0 Å². The molecule has 0 bridgehead atoms. The largest absolute Gasteiger partial charge is 0.497 e. The lowest BCUT2D eigenvalue weighted by molar-refractivity contribution is 0.228. The molecule has 10 nitrogen and oxygen atoms in total. The van der Waals surface area contributed by atoms with Gasteiger partial charge in [0.15, 0.2) is 19.7 Å². The first kappa shape index (κ1) is 22.3. The molecular formula is C16H24N2O8S3. The van der Waals surface area contributed by atoms with Crippen molar-refractivity contribution in [3.8, 4) is 11.5 Å². The summed E-state index contributed by atoms with van der Waals surface area (Å²) in [6.45, 7) is 0. The second-order valence-electron chi connectivity index (χ2n) is 7.10. The van der Waals surface area contributed by atoms with Crippen LogP contribution in [0, 0.1) is 0 Å². The summed E-state index contributed by atoms with van der Waals surface area (Å²) in [6, 6.07) is 2.72. The number of sulfonamides is 1. The molecule has 2 fully saturated rings. The average molecular weight is 469 g/mol. The van der Waals surface area contributed by atoms with Gasteiger partial charge in [0.05, 0.1) is 43.3 Å². The summed E-state index contributed by atoms with van der Waals surface area (Å²) in [7, 11) is -8.14. The molecule has 13 heteroatoms. The maximum Gasteiger partial charge on any atom is 0.259 e. The SMILES string of the molecule is COc1ccc(S(=O)(=O)N(N[C@H]2CCS(=O)(=O)C2)[C@H]2CCS(=O)(=O)C2)c(OC)c1. The van der Waals surface area contributed by atoms with Crippen LogP contribution in [0.3, 0.4) is 0 Å². The lowest BCUT2D eigenvalue weighted by Gasteiger charge is -2.30. The van der Waals surface area contributed by atoms with Crippen molar-refractivity contribution in [2.24, 2.45) is 0 Å². The number of methoxy groups -OCH3 is 2. The molecule has 1 aromatic rings. The fourth-order valence-corrected chi connectivity index (χ4v) is 8.67. The van der Waals surface area contributed by atoms with E-state index in [0.29, 0.717) is 5.75 Å². The van der Waals surface area contributed by atoms with Crippen molar-refractivity contribution >= 4 is 29.7 Å². The Morgan fingerprint density at radius 2 is 1.66 bits per heavy atom. The Morgan fingerprint density at radius 3 is 2.17 bits per heavy atom. The van der Waals surface area contributed by atoms with Crippen molar-refractivity contribution in [1.29, 1.82) is 0 Å². The molecule has 2 aliphatic heterocycles. The topological polar surface area (TPSA) is 136 Å². The Balaban J connectivity index is 2.00. The Kier molecular flexibility index (Phi) is 6.16. The maximum absolute atomic E-state index is 13.5. The van der Waals surface area contributed by atoms with Gasteiger partial charge in [0.2, 0.25) is 0 Å². The van der Waals surface area contributed by atoms with Crippen LogP contribution in [0.5, 0.6) is 11.5 Å². The van der Waals surface area contributed by atoms with E-state index < -0.39 is 41.8 Å². The van der Waals surface area contributed by atoms with E-state index in [1.807, 2.05) is 0 Å². The molecule has 0 spiro atoms. The van der Waals surface area contributed by atoms with E-state index in [-0.39, 0.29) is 46.5 Å². The van der Waals surface area contributed by atoms with Crippen LogP contribution in [0.25, 0.3) is 0 Å². The van der Waals surface area contributed by atoms with Crippen LogP contribution in [0.1, 0.15) is 12.8 Å². The van der Waals surface area contributed by atoms with Crippen LogP contribution in [-0.4, -0.2) is 79.0 Å². The Labute approximate surface area is 171 Å². The number of hydrogen-bond donors (Lipinski definition) is 1. The lowest BCUT2D eigenvalue weighted by Crippen LogP contribution is -2.54. The number of nitrogens with zero attached hydrogens (tertiary/aromatic N) is 1. The van der Waals surface area contributed by atoms with Gasteiger partial charge in [0, 0.05) is 12.1 Å². The zero-order valence-electron chi connectivity index (χ0n) is 16.1. The number of nitrogens with one attached hydrogen (secondary N) is 1. The summed E-state index contributed by atoms with van der Waals surface area (Å²) in [5.74, 6) is -0.293. The molecule has 1 N–H and O–H groups in total. The fourth-order valence-electron chi connectivity index (χ4n) is 3.50. The smallest absolute Gasteiger partial charge is 0.259 e. The summed E-state index contributed by atoms with van der Waals surface area (Å²) < 4.78 is 85.7. The van der Waals surface area contributed by atoms with Gasteiger partial charge in [0.25, 0.3) is 10.0 Å². The first-order valence-electron chi connectivity index (χ1n) is 8.91. The predicted molar refractivity (Wildman–Crippen MR) is 106 cm³/mol. The van der Waals surface area contributed by atoms with Gasteiger partial charge < -0.3 is 9.47 Å². The van der Waals surface area contributed by atoms with E-state index >= 15 is 0 Å². The van der Waals surface area contributed by atoms with E-state index in [1.165, 1.54) is 32.4 Å². The zero-order chi connectivity index (χ0) is 21.4. The predicted octanol–water partition coefficient (Wildman–Crippen LogP) is -0.427. The molecule has 0 saturated carbocycles. The molecular weight excluding hydrogens is 444 g/mol. The summed E-state index contributed by atoms with van der Waals surface area (Å²) in [5, 5.41) is 0. The normalized spacial score (nSPS) is 25.9. The monoisotopic (exact) mass is 468 g/mol. The highest BCUT2D eigenvalue weighted by molar-refractivity contribution is 7.92. The van der Waals surface area contributed by atoms with Crippen LogP contribution >= 0.6 is 0 Å². The van der Waals surface area contributed by atoms with Crippen molar-refractivity contribution < 1.29 is 34.7 Å². The molecule has 0 amide bonds. The summed E-state index contributed by atoms with van der Waals surface area (Å²) in [5.41, 5.74) is 2.78. The van der Waals surface area contributed by atoms with Gasteiger partial charge in [0.1, 0.15) is 16.4 Å². The van der Waals surface area contributed by atoms with Crippen LogP contribution in [-0.2, 0) is 29.7 Å². The van der Waals surface area contributed by atoms with Crippen molar-refractivity contribution in [2.45, 2.75) is 29.8 Å². The number of hydrazine groups is 1. The van der Waals surface area contributed by atoms with Gasteiger partial charge >= 0.3 is 0 Å². The van der Waals surface area contributed by atoms with Gasteiger partial charge in [-0.3, -0.25) is 0 Å². The molecule has 2 atom stereocenters. The van der Waals surface area contributed by atoms with Gasteiger partial charge in [-0.05, 0) is 25.0 Å². The number of sulfone groups is 2. The van der Waals surface area contributed by atoms with Crippen LogP contribution in [0.4, 0.5) is 0 Å². The molecule has 2 aliphatic rings.